The molecule has 2 saturated heterocycles. The number of rotatable bonds is 3. The van der Waals surface area contributed by atoms with Gasteiger partial charge in [0.05, 0.1) is 30.7 Å². The first-order valence-electron chi connectivity index (χ1n) is 9.22. The Balaban J connectivity index is 1.85. The summed E-state index contributed by atoms with van der Waals surface area (Å²) in [5.41, 5.74) is 6.95. The van der Waals surface area contributed by atoms with Crippen molar-refractivity contribution < 1.29 is 13.2 Å². The molecule has 4 heterocycles. The number of halogens is 1. The molecule has 2 aliphatic rings. The van der Waals surface area contributed by atoms with Crippen LogP contribution in [0.15, 0.2) is 18.2 Å². The van der Waals surface area contributed by atoms with Crippen molar-refractivity contribution in [2.24, 2.45) is 0 Å². The highest BCUT2D eigenvalue weighted by Crippen LogP contribution is 2.36. The third kappa shape index (κ3) is 3.78. The lowest BCUT2D eigenvalue weighted by Gasteiger charge is -2.34. The summed E-state index contributed by atoms with van der Waals surface area (Å²) in [4.78, 5) is 15.4. The second kappa shape index (κ2) is 7.46. The molecule has 2 N–H and O–H groups in total. The summed E-state index contributed by atoms with van der Waals surface area (Å²) in [5.74, 6) is 1.52. The van der Waals surface area contributed by atoms with E-state index in [2.05, 4.69) is 14.9 Å². The average molecular weight is 424 g/mol. The molecule has 0 unspecified atom stereocenters. The number of sulfone groups is 1. The average Bonchev–Trinajstić information content (AvgIpc) is 3.00. The normalized spacial score (nSPS) is 24.4. The van der Waals surface area contributed by atoms with E-state index in [0.29, 0.717) is 55.5 Å². The molecule has 0 spiro atoms. The summed E-state index contributed by atoms with van der Waals surface area (Å²) in [6.45, 7) is 3.90. The molecule has 150 valence electrons. The number of morpholine rings is 1. The molecule has 0 radical (unpaired) electrons. The molecule has 0 saturated carbocycles. The SMILES string of the molecule is C[C@@H]1COCCN1c1cc([C@H]2CCCS2(=O)=O)nc(-c2cc(N)nc(Cl)c2)n1. The molecule has 4 rings (SSSR count). The molecule has 28 heavy (non-hydrogen) atoms. The van der Waals surface area contributed by atoms with Crippen LogP contribution in [0.2, 0.25) is 5.15 Å². The monoisotopic (exact) mass is 423 g/mol. The predicted molar refractivity (Wildman–Crippen MR) is 108 cm³/mol. The Morgan fingerprint density at radius 3 is 2.75 bits per heavy atom. The van der Waals surface area contributed by atoms with Gasteiger partial charge in [0.2, 0.25) is 0 Å². The largest absolute Gasteiger partial charge is 0.384 e. The molecule has 2 fully saturated rings. The van der Waals surface area contributed by atoms with Gasteiger partial charge in [0.25, 0.3) is 0 Å². The zero-order valence-corrected chi connectivity index (χ0v) is 17.1. The molecular weight excluding hydrogens is 402 g/mol. The van der Waals surface area contributed by atoms with Crippen molar-refractivity contribution in [1.82, 2.24) is 15.0 Å². The highest BCUT2D eigenvalue weighted by molar-refractivity contribution is 7.91. The summed E-state index contributed by atoms with van der Waals surface area (Å²) in [6.07, 6.45) is 1.21. The number of ether oxygens (including phenoxy) is 1. The molecule has 2 aromatic heterocycles. The zero-order valence-electron chi connectivity index (χ0n) is 15.5. The topological polar surface area (TPSA) is 111 Å². The van der Waals surface area contributed by atoms with E-state index in [1.807, 2.05) is 6.92 Å². The summed E-state index contributed by atoms with van der Waals surface area (Å²) in [7, 11) is -3.21. The number of anilines is 2. The molecule has 0 aromatic carbocycles. The fourth-order valence-corrected chi connectivity index (χ4v) is 5.81. The molecule has 8 nitrogen and oxygen atoms in total. The van der Waals surface area contributed by atoms with E-state index in [9.17, 15) is 8.42 Å². The second-order valence-corrected chi connectivity index (χ2v) is 9.88. The van der Waals surface area contributed by atoms with Crippen molar-refractivity contribution in [3.8, 4) is 11.4 Å². The molecule has 2 atom stereocenters. The van der Waals surface area contributed by atoms with Gasteiger partial charge < -0.3 is 15.4 Å². The highest BCUT2D eigenvalue weighted by atomic mass is 35.5. The van der Waals surface area contributed by atoms with Crippen LogP contribution in [0.1, 0.15) is 30.7 Å². The lowest BCUT2D eigenvalue weighted by molar-refractivity contribution is 0.0985. The maximum Gasteiger partial charge on any atom is 0.162 e. The number of hydrogen-bond acceptors (Lipinski definition) is 8. The minimum Gasteiger partial charge on any atom is -0.384 e. The Bertz CT molecular complexity index is 980. The van der Waals surface area contributed by atoms with Gasteiger partial charge in [0.15, 0.2) is 15.7 Å². The van der Waals surface area contributed by atoms with Crippen LogP contribution in [-0.2, 0) is 14.6 Å². The molecule has 0 aliphatic carbocycles. The van der Waals surface area contributed by atoms with Crippen molar-refractivity contribution in [2.75, 3.05) is 36.1 Å². The van der Waals surface area contributed by atoms with Crippen LogP contribution < -0.4 is 10.6 Å². The molecular formula is C18H22ClN5O3S. The number of pyridine rings is 1. The summed E-state index contributed by atoms with van der Waals surface area (Å²) >= 11 is 6.05. The highest BCUT2D eigenvalue weighted by Gasteiger charge is 2.35. The van der Waals surface area contributed by atoms with Crippen LogP contribution in [0.4, 0.5) is 11.6 Å². The smallest absolute Gasteiger partial charge is 0.162 e. The predicted octanol–water partition coefficient (Wildman–Crippen LogP) is 2.25. The fourth-order valence-electron chi connectivity index (χ4n) is 3.73. The van der Waals surface area contributed by atoms with Gasteiger partial charge in [-0.1, -0.05) is 11.6 Å². The third-order valence-corrected chi connectivity index (χ3v) is 7.52. The lowest BCUT2D eigenvalue weighted by Crippen LogP contribution is -2.44. The van der Waals surface area contributed by atoms with Gasteiger partial charge in [-0.25, -0.2) is 23.4 Å². The van der Waals surface area contributed by atoms with Gasteiger partial charge in [0.1, 0.15) is 22.0 Å². The quantitative estimate of drug-likeness (QED) is 0.748. The minimum absolute atomic E-state index is 0.121. The van der Waals surface area contributed by atoms with Gasteiger partial charge in [-0.05, 0) is 31.9 Å². The fraction of sp³-hybridized carbons (Fsp3) is 0.500. The molecule has 10 heteroatoms. The van der Waals surface area contributed by atoms with Crippen LogP contribution >= 0.6 is 11.6 Å². The number of nitrogens with zero attached hydrogens (tertiary/aromatic N) is 4. The van der Waals surface area contributed by atoms with Crippen LogP contribution in [0.5, 0.6) is 0 Å². The first kappa shape index (κ1) is 19.4. The maximum atomic E-state index is 12.5. The van der Waals surface area contributed by atoms with Gasteiger partial charge in [-0.15, -0.1) is 0 Å². The van der Waals surface area contributed by atoms with E-state index in [4.69, 9.17) is 27.1 Å². The molecule has 0 amide bonds. The van der Waals surface area contributed by atoms with Crippen molar-refractivity contribution in [3.05, 3.63) is 29.0 Å². The van der Waals surface area contributed by atoms with E-state index in [1.165, 1.54) is 0 Å². The standard InChI is InChI=1S/C18H22ClN5O3S/c1-11-10-27-5-4-24(11)17-9-13(14-3-2-6-28(14,25)26)21-18(23-17)12-7-15(19)22-16(20)8-12/h7-9,11,14H,2-6,10H2,1H3,(H2,20,22)/t11-,14-/m1/s1. The van der Waals surface area contributed by atoms with Gasteiger partial charge >= 0.3 is 0 Å². The Labute approximate surface area is 169 Å². The van der Waals surface area contributed by atoms with Crippen LogP contribution in [0.3, 0.4) is 0 Å². The second-order valence-electron chi connectivity index (χ2n) is 7.19. The van der Waals surface area contributed by atoms with Crippen LogP contribution in [-0.4, -0.2) is 54.9 Å². The van der Waals surface area contributed by atoms with Crippen molar-refractivity contribution >= 4 is 33.1 Å². The Hall–Kier alpha value is -1.97. The Morgan fingerprint density at radius 2 is 2.07 bits per heavy atom. The number of nitrogen functional groups attached to an aromatic ring is 1. The van der Waals surface area contributed by atoms with E-state index in [0.717, 1.165) is 0 Å². The van der Waals surface area contributed by atoms with Crippen molar-refractivity contribution in [1.29, 1.82) is 0 Å². The molecule has 0 bridgehead atoms. The van der Waals surface area contributed by atoms with Crippen molar-refractivity contribution in [3.63, 3.8) is 0 Å². The summed E-state index contributed by atoms with van der Waals surface area (Å²) < 4.78 is 30.6. The van der Waals surface area contributed by atoms with Crippen molar-refractivity contribution in [2.45, 2.75) is 31.1 Å². The van der Waals surface area contributed by atoms with E-state index < -0.39 is 15.1 Å². The van der Waals surface area contributed by atoms with E-state index in [1.54, 1.807) is 18.2 Å². The summed E-state index contributed by atoms with van der Waals surface area (Å²) in [5, 5.41) is -0.377. The number of hydrogen-bond donors (Lipinski definition) is 1. The first-order chi connectivity index (χ1) is 13.3. The van der Waals surface area contributed by atoms with Gasteiger partial charge in [-0.3, -0.25) is 0 Å². The van der Waals surface area contributed by atoms with E-state index >= 15 is 0 Å². The Kier molecular flexibility index (Phi) is 5.15. The lowest BCUT2D eigenvalue weighted by atomic mass is 10.1. The zero-order chi connectivity index (χ0) is 19.9. The minimum atomic E-state index is -3.21. The first-order valence-corrected chi connectivity index (χ1v) is 11.3. The number of aromatic nitrogens is 3. The molecule has 2 aliphatic heterocycles. The maximum absolute atomic E-state index is 12.5. The Morgan fingerprint density at radius 1 is 1.25 bits per heavy atom. The van der Waals surface area contributed by atoms with Crippen LogP contribution in [0.25, 0.3) is 11.4 Å². The van der Waals surface area contributed by atoms with Gasteiger partial charge in [-0.2, -0.15) is 0 Å². The van der Waals surface area contributed by atoms with E-state index in [-0.39, 0.29) is 22.8 Å². The molecule has 2 aromatic rings. The van der Waals surface area contributed by atoms with Crippen LogP contribution in [0, 0.1) is 0 Å². The number of nitrogens with two attached hydrogens (primary N) is 1. The third-order valence-electron chi connectivity index (χ3n) is 5.12. The summed E-state index contributed by atoms with van der Waals surface area (Å²) in [6, 6.07) is 5.19. The van der Waals surface area contributed by atoms with Gasteiger partial charge in [0, 0.05) is 18.2 Å².